The quantitative estimate of drug-likeness (QED) is 0.604. The zero-order valence-corrected chi connectivity index (χ0v) is 10.7. The van der Waals surface area contributed by atoms with Crippen molar-refractivity contribution >= 4 is 0 Å². The summed E-state index contributed by atoms with van der Waals surface area (Å²) in [7, 11) is 1.76. The minimum absolute atomic E-state index is 0.785. The minimum atomic E-state index is 0.785. The van der Waals surface area contributed by atoms with Crippen LogP contribution >= 0.6 is 0 Å². The Labute approximate surface area is 95.0 Å². The van der Waals surface area contributed by atoms with E-state index in [2.05, 4.69) is 18.7 Å². The van der Waals surface area contributed by atoms with Crippen LogP contribution in [0.3, 0.4) is 0 Å². The molecule has 0 unspecified atom stereocenters. The van der Waals surface area contributed by atoms with Crippen LogP contribution in [0.25, 0.3) is 0 Å². The second-order valence-electron chi connectivity index (χ2n) is 4.51. The Morgan fingerprint density at radius 1 is 1.13 bits per heavy atom. The topological polar surface area (TPSA) is 38.5 Å². The summed E-state index contributed by atoms with van der Waals surface area (Å²) < 4.78 is 5.11. The largest absolute Gasteiger partial charge is 0.383 e. The highest BCUT2D eigenvalue weighted by Gasteiger charge is 2.04. The first kappa shape index (κ1) is 14.9. The molecule has 15 heavy (non-hydrogen) atoms. The summed E-state index contributed by atoms with van der Waals surface area (Å²) in [5, 5.41) is 0. The monoisotopic (exact) mass is 216 g/mol. The first-order valence-electron chi connectivity index (χ1n) is 6.12. The second-order valence-corrected chi connectivity index (χ2v) is 4.51. The van der Waals surface area contributed by atoms with Crippen molar-refractivity contribution in [2.75, 3.05) is 39.9 Å². The van der Waals surface area contributed by atoms with E-state index in [9.17, 15) is 0 Å². The Kier molecular flexibility index (Phi) is 10.3. The normalized spacial score (nSPS) is 11.6. The molecule has 0 atom stereocenters. The van der Waals surface area contributed by atoms with Crippen LogP contribution in [0.2, 0.25) is 0 Å². The van der Waals surface area contributed by atoms with Gasteiger partial charge in [-0.3, -0.25) is 0 Å². The van der Waals surface area contributed by atoms with Crippen molar-refractivity contribution in [3.8, 4) is 0 Å². The summed E-state index contributed by atoms with van der Waals surface area (Å²) in [4.78, 5) is 2.46. The van der Waals surface area contributed by atoms with E-state index in [4.69, 9.17) is 10.5 Å². The van der Waals surface area contributed by atoms with E-state index >= 15 is 0 Å². The van der Waals surface area contributed by atoms with Crippen molar-refractivity contribution in [1.82, 2.24) is 4.90 Å². The van der Waals surface area contributed by atoms with Crippen LogP contribution in [0.1, 0.15) is 33.1 Å². The summed E-state index contributed by atoms with van der Waals surface area (Å²) in [5.41, 5.74) is 5.52. The van der Waals surface area contributed by atoms with E-state index in [1.54, 1.807) is 7.11 Å². The van der Waals surface area contributed by atoms with Crippen LogP contribution in [-0.4, -0.2) is 44.8 Å². The van der Waals surface area contributed by atoms with E-state index in [0.29, 0.717) is 0 Å². The van der Waals surface area contributed by atoms with Gasteiger partial charge in [0.2, 0.25) is 0 Å². The lowest BCUT2D eigenvalue weighted by Gasteiger charge is -2.21. The number of hydrogen-bond acceptors (Lipinski definition) is 3. The fourth-order valence-electron chi connectivity index (χ4n) is 1.59. The van der Waals surface area contributed by atoms with Gasteiger partial charge in [-0.05, 0) is 44.8 Å². The van der Waals surface area contributed by atoms with E-state index < -0.39 is 0 Å². The fourth-order valence-corrected chi connectivity index (χ4v) is 1.59. The number of nitrogens with two attached hydrogens (primary N) is 1. The van der Waals surface area contributed by atoms with Gasteiger partial charge in [0, 0.05) is 13.7 Å². The van der Waals surface area contributed by atoms with Crippen LogP contribution in [0.5, 0.6) is 0 Å². The van der Waals surface area contributed by atoms with Crippen molar-refractivity contribution in [3.63, 3.8) is 0 Å². The highest BCUT2D eigenvalue weighted by atomic mass is 16.5. The number of hydrogen-bond donors (Lipinski definition) is 1. The van der Waals surface area contributed by atoms with Gasteiger partial charge in [-0.1, -0.05) is 13.8 Å². The number of rotatable bonds is 10. The molecule has 0 aromatic heterocycles. The predicted molar refractivity (Wildman–Crippen MR) is 66.1 cm³/mol. The summed E-state index contributed by atoms with van der Waals surface area (Å²) in [6, 6.07) is 0. The molecule has 0 amide bonds. The zero-order chi connectivity index (χ0) is 11.5. The maximum absolute atomic E-state index is 5.52. The van der Waals surface area contributed by atoms with E-state index in [-0.39, 0.29) is 0 Å². The molecule has 3 heteroatoms. The molecule has 92 valence electrons. The molecule has 0 aliphatic carbocycles. The average molecular weight is 216 g/mol. The van der Waals surface area contributed by atoms with Crippen molar-refractivity contribution in [2.24, 2.45) is 11.7 Å². The Morgan fingerprint density at radius 2 is 1.80 bits per heavy atom. The molecule has 0 spiro atoms. The first-order valence-corrected chi connectivity index (χ1v) is 6.12. The van der Waals surface area contributed by atoms with Gasteiger partial charge in [-0.15, -0.1) is 0 Å². The molecule has 3 nitrogen and oxygen atoms in total. The molecule has 0 rings (SSSR count). The van der Waals surface area contributed by atoms with Gasteiger partial charge in [0.25, 0.3) is 0 Å². The number of ether oxygens (including phenoxy) is 1. The molecule has 0 fully saturated rings. The predicted octanol–water partition coefficient (Wildman–Crippen LogP) is 1.72. The van der Waals surface area contributed by atoms with Crippen LogP contribution in [0.4, 0.5) is 0 Å². The zero-order valence-electron chi connectivity index (χ0n) is 10.7. The van der Waals surface area contributed by atoms with Crippen LogP contribution in [-0.2, 0) is 4.74 Å². The highest BCUT2D eigenvalue weighted by molar-refractivity contribution is 4.59. The molecular weight excluding hydrogens is 188 g/mol. The van der Waals surface area contributed by atoms with Gasteiger partial charge >= 0.3 is 0 Å². The molecule has 0 saturated carbocycles. The van der Waals surface area contributed by atoms with Gasteiger partial charge < -0.3 is 15.4 Å². The molecular formula is C12H28N2O. The maximum atomic E-state index is 5.52. The standard InChI is InChI=1S/C12H28N2O/c1-12(2)6-4-8-14(9-5-7-13)10-11-15-3/h12H,4-11,13H2,1-3H3. The molecule has 0 aliphatic rings. The Bertz CT molecular complexity index is 121. The van der Waals surface area contributed by atoms with Crippen molar-refractivity contribution in [2.45, 2.75) is 33.1 Å². The minimum Gasteiger partial charge on any atom is -0.383 e. The van der Waals surface area contributed by atoms with Gasteiger partial charge in [-0.25, -0.2) is 0 Å². The fraction of sp³-hybridized carbons (Fsp3) is 1.00. The highest BCUT2D eigenvalue weighted by Crippen LogP contribution is 2.05. The molecule has 0 radical (unpaired) electrons. The van der Waals surface area contributed by atoms with E-state index in [1.807, 2.05) is 0 Å². The molecule has 0 aromatic rings. The third-order valence-corrected chi connectivity index (χ3v) is 2.55. The lowest BCUT2D eigenvalue weighted by atomic mass is 10.1. The van der Waals surface area contributed by atoms with Crippen molar-refractivity contribution in [3.05, 3.63) is 0 Å². The van der Waals surface area contributed by atoms with Gasteiger partial charge in [0.1, 0.15) is 0 Å². The molecule has 0 bridgehead atoms. The Morgan fingerprint density at radius 3 is 2.33 bits per heavy atom. The number of nitrogens with zero attached hydrogens (tertiary/aromatic N) is 1. The second kappa shape index (κ2) is 10.4. The van der Waals surface area contributed by atoms with Crippen LogP contribution in [0, 0.1) is 5.92 Å². The number of methoxy groups -OCH3 is 1. The average Bonchev–Trinajstić information content (AvgIpc) is 2.20. The SMILES string of the molecule is COCCN(CCCN)CCCC(C)C. The molecule has 0 aromatic carbocycles. The third-order valence-electron chi connectivity index (χ3n) is 2.55. The summed E-state index contributed by atoms with van der Waals surface area (Å²) in [5.74, 6) is 0.809. The van der Waals surface area contributed by atoms with Crippen molar-refractivity contribution in [1.29, 1.82) is 0 Å². The Balaban J connectivity index is 3.58. The third kappa shape index (κ3) is 10.2. The van der Waals surface area contributed by atoms with Crippen LogP contribution < -0.4 is 5.73 Å². The van der Waals surface area contributed by atoms with E-state index in [1.165, 1.54) is 19.4 Å². The summed E-state index contributed by atoms with van der Waals surface area (Å²) in [6.45, 7) is 9.49. The Hall–Kier alpha value is -0.120. The van der Waals surface area contributed by atoms with Gasteiger partial charge in [-0.2, -0.15) is 0 Å². The first-order chi connectivity index (χ1) is 7.20. The smallest absolute Gasteiger partial charge is 0.0589 e. The molecule has 0 heterocycles. The van der Waals surface area contributed by atoms with Gasteiger partial charge in [0.15, 0.2) is 0 Å². The van der Waals surface area contributed by atoms with Crippen molar-refractivity contribution < 1.29 is 4.74 Å². The van der Waals surface area contributed by atoms with Crippen LogP contribution in [0.15, 0.2) is 0 Å². The molecule has 0 aliphatic heterocycles. The summed E-state index contributed by atoms with van der Waals surface area (Å²) >= 11 is 0. The lowest BCUT2D eigenvalue weighted by Crippen LogP contribution is -2.30. The van der Waals surface area contributed by atoms with E-state index in [0.717, 1.165) is 38.6 Å². The maximum Gasteiger partial charge on any atom is 0.0589 e. The van der Waals surface area contributed by atoms with Gasteiger partial charge in [0.05, 0.1) is 6.61 Å². The summed E-state index contributed by atoms with van der Waals surface area (Å²) in [6.07, 6.45) is 3.68. The molecule has 0 saturated heterocycles. The lowest BCUT2D eigenvalue weighted by molar-refractivity contribution is 0.145. The molecule has 2 N–H and O–H groups in total.